The number of fused-ring (bicyclic) bond motifs is 1. The Bertz CT molecular complexity index is 1580. The van der Waals surface area contributed by atoms with Gasteiger partial charge < -0.3 is 25.0 Å². The number of nitrogens with one attached hydrogen (secondary N) is 3. The minimum atomic E-state index is -4.73. The van der Waals surface area contributed by atoms with Crippen molar-refractivity contribution in [1.82, 2.24) is 15.5 Å². The topological polar surface area (TPSA) is 143 Å². The minimum absolute atomic E-state index is 0.000578. The lowest BCUT2D eigenvalue weighted by Crippen LogP contribution is -2.52. The van der Waals surface area contributed by atoms with Gasteiger partial charge in [0.1, 0.15) is 29.8 Å². The molecule has 5 amide bonds. The van der Waals surface area contributed by atoms with Crippen molar-refractivity contribution < 1.29 is 51.0 Å². The van der Waals surface area contributed by atoms with E-state index in [2.05, 4.69) is 22.5 Å². The third-order valence-corrected chi connectivity index (χ3v) is 6.82. The van der Waals surface area contributed by atoms with E-state index in [-0.39, 0.29) is 53.9 Å². The highest BCUT2D eigenvalue weighted by Crippen LogP contribution is 2.36. The monoisotopic (exact) mass is 664 g/mol. The van der Waals surface area contributed by atoms with Crippen molar-refractivity contribution in [2.75, 3.05) is 11.9 Å². The standard InChI is InChI=1S/C30H30F4N4O7.C2H6/c1-15(27(42)45-29(2,3)4)14-44-22-11-17(30(32,33)34)6-8-20(22)36-28(43)35-12-16-5-7-18-19(24(16)31)13-38(26(18)41)21-9-10-23(39)37-25(21)40;1-2/h5-8,11,21H,1,9-10,12-14H2,2-4H3,(H2,35,36,43)(H,37,39,40);1-2H3. The van der Waals surface area contributed by atoms with Gasteiger partial charge in [-0.15, -0.1) is 0 Å². The number of piperidine rings is 1. The van der Waals surface area contributed by atoms with Crippen LogP contribution >= 0.6 is 0 Å². The van der Waals surface area contributed by atoms with Crippen molar-refractivity contribution in [3.63, 3.8) is 0 Å². The summed E-state index contributed by atoms with van der Waals surface area (Å²) in [6.07, 6.45) is -4.60. The summed E-state index contributed by atoms with van der Waals surface area (Å²) in [7, 11) is 0. The van der Waals surface area contributed by atoms with Crippen molar-refractivity contribution >= 4 is 35.4 Å². The number of carbonyl (C=O) groups excluding carboxylic acids is 5. The van der Waals surface area contributed by atoms with Crippen LogP contribution in [0.25, 0.3) is 0 Å². The molecule has 0 spiro atoms. The Hall–Kier alpha value is -4.95. The van der Waals surface area contributed by atoms with Crippen LogP contribution in [0.1, 0.15) is 74.5 Å². The summed E-state index contributed by atoms with van der Waals surface area (Å²) in [5, 5.41) is 6.90. The number of halogens is 4. The summed E-state index contributed by atoms with van der Waals surface area (Å²) in [6, 6.07) is 3.11. The Labute approximate surface area is 268 Å². The second kappa shape index (κ2) is 14.6. The van der Waals surface area contributed by atoms with E-state index >= 15 is 4.39 Å². The van der Waals surface area contributed by atoms with Crippen LogP contribution in [0.4, 0.5) is 28.0 Å². The van der Waals surface area contributed by atoms with Gasteiger partial charge in [0.25, 0.3) is 5.91 Å². The maximum atomic E-state index is 15.4. The molecule has 0 radical (unpaired) electrons. The van der Waals surface area contributed by atoms with Gasteiger partial charge in [-0.25, -0.2) is 14.0 Å². The van der Waals surface area contributed by atoms with Crippen LogP contribution in [0, 0.1) is 5.82 Å². The van der Waals surface area contributed by atoms with Gasteiger partial charge in [-0.2, -0.15) is 13.2 Å². The molecule has 0 aromatic heterocycles. The van der Waals surface area contributed by atoms with Gasteiger partial charge in [0.2, 0.25) is 11.8 Å². The van der Waals surface area contributed by atoms with Crippen molar-refractivity contribution in [2.45, 2.75) is 78.4 Å². The Morgan fingerprint density at radius 1 is 1.09 bits per heavy atom. The van der Waals surface area contributed by atoms with E-state index in [1.165, 1.54) is 17.0 Å². The molecular formula is C32H36F4N4O7. The van der Waals surface area contributed by atoms with E-state index in [1.807, 2.05) is 13.8 Å². The predicted molar refractivity (Wildman–Crippen MR) is 162 cm³/mol. The Morgan fingerprint density at radius 2 is 1.77 bits per heavy atom. The predicted octanol–water partition coefficient (Wildman–Crippen LogP) is 5.23. The number of nitrogens with zero attached hydrogens (tertiary/aromatic N) is 1. The summed E-state index contributed by atoms with van der Waals surface area (Å²) < 4.78 is 66.1. The Morgan fingerprint density at radius 3 is 2.38 bits per heavy atom. The first-order valence-corrected chi connectivity index (χ1v) is 14.7. The highest BCUT2D eigenvalue weighted by atomic mass is 19.4. The summed E-state index contributed by atoms with van der Waals surface area (Å²) in [5.41, 5.74) is -2.22. The van der Waals surface area contributed by atoms with Crippen LogP contribution in [0.2, 0.25) is 0 Å². The molecule has 2 aliphatic heterocycles. The molecule has 1 unspecified atom stereocenters. The quantitative estimate of drug-likeness (QED) is 0.152. The average Bonchev–Trinajstić information content (AvgIpc) is 3.32. The molecule has 0 saturated carbocycles. The number of rotatable bonds is 8. The fourth-order valence-corrected chi connectivity index (χ4v) is 4.63. The highest BCUT2D eigenvalue weighted by Gasteiger charge is 2.40. The Balaban J connectivity index is 0.00000294. The number of benzene rings is 2. The van der Waals surface area contributed by atoms with Gasteiger partial charge >= 0.3 is 18.2 Å². The third kappa shape index (κ3) is 9.08. The van der Waals surface area contributed by atoms with Crippen LogP contribution in [0.3, 0.4) is 0 Å². The molecule has 15 heteroatoms. The number of hydrogen-bond acceptors (Lipinski definition) is 7. The number of amides is 5. The molecule has 0 bridgehead atoms. The molecule has 254 valence electrons. The first kappa shape index (κ1) is 36.5. The second-order valence-electron chi connectivity index (χ2n) is 11.4. The minimum Gasteiger partial charge on any atom is -0.486 e. The van der Waals surface area contributed by atoms with E-state index < -0.39 is 71.3 Å². The zero-order valence-corrected chi connectivity index (χ0v) is 26.5. The number of urea groups is 1. The van der Waals surface area contributed by atoms with Crippen LogP contribution in [-0.2, 0) is 38.4 Å². The summed E-state index contributed by atoms with van der Waals surface area (Å²) in [6.45, 7) is 11.3. The van der Waals surface area contributed by atoms with Crippen molar-refractivity contribution in [3.05, 3.63) is 70.6 Å². The molecule has 1 fully saturated rings. The molecule has 0 aliphatic carbocycles. The van der Waals surface area contributed by atoms with Crippen LogP contribution < -0.4 is 20.7 Å². The van der Waals surface area contributed by atoms with Gasteiger partial charge in [0, 0.05) is 29.7 Å². The molecule has 2 aromatic rings. The first-order valence-electron chi connectivity index (χ1n) is 14.7. The van der Waals surface area contributed by atoms with E-state index in [1.54, 1.807) is 20.8 Å². The van der Waals surface area contributed by atoms with E-state index in [0.717, 1.165) is 12.1 Å². The third-order valence-electron chi connectivity index (χ3n) is 6.82. The van der Waals surface area contributed by atoms with Gasteiger partial charge in [-0.05, 0) is 51.5 Å². The molecule has 11 nitrogen and oxygen atoms in total. The SMILES string of the molecule is C=C(COc1cc(C(F)(F)F)ccc1NC(=O)NCc1ccc2c(c1F)CN(C1CCC(=O)NC1=O)C2=O)C(=O)OC(C)(C)C.CC. The normalized spacial score (nSPS) is 16.0. The lowest BCUT2D eigenvalue weighted by atomic mass is 10.0. The zero-order chi connectivity index (χ0) is 35.3. The lowest BCUT2D eigenvalue weighted by molar-refractivity contribution is -0.150. The number of hydrogen-bond donors (Lipinski definition) is 3. The average molecular weight is 665 g/mol. The van der Waals surface area contributed by atoms with Crippen LogP contribution in [0.15, 0.2) is 42.5 Å². The largest absolute Gasteiger partial charge is 0.486 e. The molecule has 2 aliphatic rings. The van der Waals surface area contributed by atoms with Crippen molar-refractivity contribution in [3.8, 4) is 5.75 Å². The first-order chi connectivity index (χ1) is 21.9. The smallest absolute Gasteiger partial charge is 0.416 e. The highest BCUT2D eigenvalue weighted by molar-refractivity contribution is 6.05. The number of imide groups is 1. The van der Waals surface area contributed by atoms with Gasteiger partial charge in [-0.3, -0.25) is 19.7 Å². The van der Waals surface area contributed by atoms with Crippen molar-refractivity contribution in [2.24, 2.45) is 0 Å². The van der Waals surface area contributed by atoms with Gasteiger partial charge in [-0.1, -0.05) is 26.5 Å². The number of carbonyl (C=O) groups is 5. The summed E-state index contributed by atoms with van der Waals surface area (Å²) >= 11 is 0. The van der Waals surface area contributed by atoms with Crippen LogP contribution in [-0.4, -0.2) is 52.9 Å². The maximum Gasteiger partial charge on any atom is 0.416 e. The number of ether oxygens (including phenoxy) is 2. The fraction of sp³-hybridized carbons (Fsp3) is 0.406. The lowest BCUT2D eigenvalue weighted by Gasteiger charge is -2.29. The fourth-order valence-electron chi connectivity index (χ4n) is 4.63. The summed E-state index contributed by atoms with van der Waals surface area (Å²) in [5.74, 6) is -3.69. The molecule has 1 saturated heterocycles. The second-order valence-corrected chi connectivity index (χ2v) is 11.4. The number of esters is 1. The number of alkyl halides is 3. The molecule has 2 heterocycles. The van der Waals surface area contributed by atoms with E-state index in [4.69, 9.17) is 9.47 Å². The molecule has 47 heavy (non-hydrogen) atoms. The Kier molecular flexibility index (Phi) is 11.4. The molecule has 4 rings (SSSR count). The van der Waals surface area contributed by atoms with E-state index in [0.29, 0.717) is 6.07 Å². The van der Waals surface area contributed by atoms with Gasteiger partial charge in [0.05, 0.1) is 23.4 Å². The maximum absolute atomic E-state index is 15.4. The molecule has 3 N–H and O–H groups in total. The van der Waals surface area contributed by atoms with E-state index in [9.17, 15) is 37.1 Å². The molecule has 1 atom stereocenters. The number of anilines is 1. The zero-order valence-electron chi connectivity index (χ0n) is 26.5. The van der Waals surface area contributed by atoms with Crippen molar-refractivity contribution in [1.29, 1.82) is 0 Å². The molecular weight excluding hydrogens is 628 g/mol. The van der Waals surface area contributed by atoms with Crippen LogP contribution in [0.5, 0.6) is 5.75 Å². The molecule has 2 aromatic carbocycles. The summed E-state index contributed by atoms with van der Waals surface area (Å²) in [4.78, 5) is 62.6. The van der Waals surface area contributed by atoms with Gasteiger partial charge in [0.15, 0.2) is 0 Å².